The van der Waals surface area contributed by atoms with Crippen molar-refractivity contribution in [3.05, 3.63) is 18.2 Å². The maximum absolute atomic E-state index is 11.8. The van der Waals surface area contributed by atoms with Crippen LogP contribution in [-0.4, -0.2) is 21.5 Å². The summed E-state index contributed by atoms with van der Waals surface area (Å²) >= 11 is 0. The van der Waals surface area contributed by atoms with Crippen LogP contribution in [-0.2, 0) is 18.4 Å². The lowest BCUT2D eigenvalue weighted by Gasteiger charge is -2.10. The van der Waals surface area contributed by atoms with E-state index < -0.39 is 0 Å². The third kappa shape index (κ3) is 2.41. The van der Waals surface area contributed by atoms with E-state index in [0.29, 0.717) is 6.54 Å². The first-order chi connectivity index (χ1) is 7.66. The number of rotatable bonds is 3. The molecule has 0 aliphatic heterocycles. The summed E-state index contributed by atoms with van der Waals surface area (Å²) in [4.78, 5) is 15.9. The molecule has 88 valence electrons. The van der Waals surface area contributed by atoms with Gasteiger partial charge in [0.25, 0.3) is 0 Å². The van der Waals surface area contributed by atoms with E-state index in [1.165, 1.54) is 0 Å². The number of carbonyl (C=O) groups excluding carboxylic acids is 1. The fraction of sp³-hybridized carbons (Fsp3) is 0.636. The van der Waals surface area contributed by atoms with E-state index in [4.69, 9.17) is 5.73 Å². The number of nitrogens with one attached hydrogen (secondary N) is 1. The highest BCUT2D eigenvalue weighted by atomic mass is 16.1. The molecule has 3 N–H and O–H groups in total. The number of hydrogen-bond acceptors (Lipinski definition) is 3. The number of imidazole rings is 1. The molecule has 5 heteroatoms. The summed E-state index contributed by atoms with van der Waals surface area (Å²) in [5.74, 6) is 1.07. The molecule has 5 nitrogen and oxygen atoms in total. The summed E-state index contributed by atoms with van der Waals surface area (Å²) in [6.07, 6.45) is 6.28. The second kappa shape index (κ2) is 4.65. The molecule has 2 atom stereocenters. The highest BCUT2D eigenvalue weighted by Gasteiger charge is 2.27. The normalized spacial score (nSPS) is 24.6. The molecular formula is C11H18N4O. The molecule has 1 aromatic heterocycles. The van der Waals surface area contributed by atoms with Crippen LogP contribution in [0.25, 0.3) is 0 Å². The highest BCUT2D eigenvalue weighted by Crippen LogP contribution is 2.24. The Balaban J connectivity index is 1.82. The topological polar surface area (TPSA) is 72.9 Å². The van der Waals surface area contributed by atoms with Gasteiger partial charge in [0.1, 0.15) is 5.82 Å². The molecule has 1 aromatic rings. The second-order valence-corrected chi connectivity index (χ2v) is 4.44. The summed E-state index contributed by atoms with van der Waals surface area (Å²) in [5.41, 5.74) is 5.78. The summed E-state index contributed by atoms with van der Waals surface area (Å²) in [6.45, 7) is 0.494. The summed E-state index contributed by atoms with van der Waals surface area (Å²) in [5, 5.41) is 2.91. The van der Waals surface area contributed by atoms with Crippen LogP contribution in [0.2, 0.25) is 0 Å². The van der Waals surface area contributed by atoms with Crippen LogP contribution in [0.3, 0.4) is 0 Å². The molecule has 0 spiro atoms. The first-order valence-corrected chi connectivity index (χ1v) is 5.66. The molecule has 0 radical (unpaired) electrons. The van der Waals surface area contributed by atoms with Crippen molar-refractivity contribution in [3.63, 3.8) is 0 Å². The molecule has 0 aromatic carbocycles. The Kier molecular flexibility index (Phi) is 3.24. The minimum Gasteiger partial charge on any atom is -0.349 e. The van der Waals surface area contributed by atoms with Crippen LogP contribution in [0.15, 0.2) is 12.4 Å². The van der Waals surface area contributed by atoms with Crippen LogP contribution >= 0.6 is 0 Å². The molecule has 2 unspecified atom stereocenters. The molecule has 2 rings (SSSR count). The molecule has 16 heavy (non-hydrogen) atoms. The van der Waals surface area contributed by atoms with E-state index in [-0.39, 0.29) is 17.9 Å². The predicted octanol–water partition coefficient (Wildman–Crippen LogP) is 0.164. The van der Waals surface area contributed by atoms with E-state index in [1.807, 2.05) is 17.8 Å². The number of aryl methyl sites for hydroxylation is 1. The van der Waals surface area contributed by atoms with Gasteiger partial charge in [0.2, 0.25) is 5.91 Å². The Morgan fingerprint density at radius 1 is 1.69 bits per heavy atom. The lowest BCUT2D eigenvalue weighted by molar-refractivity contribution is -0.125. The van der Waals surface area contributed by atoms with Gasteiger partial charge in [0.05, 0.1) is 6.54 Å². The fourth-order valence-corrected chi connectivity index (χ4v) is 2.13. The lowest BCUT2D eigenvalue weighted by Crippen LogP contribution is -2.30. The first kappa shape index (κ1) is 11.1. The van der Waals surface area contributed by atoms with Gasteiger partial charge in [0.15, 0.2) is 0 Å². The average molecular weight is 222 g/mol. The third-order valence-corrected chi connectivity index (χ3v) is 3.19. The van der Waals surface area contributed by atoms with Crippen molar-refractivity contribution in [2.24, 2.45) is 18.7 Å². The van der Waals surface area contributed by atoms with Crippen LogP contribution in [0.4, 0.5) is 0 Å². The minimum atomic E-state index is 0.0928. The molecular weight excluding hydrogens is 204 g/mol. The van der Waals surface area contributed by atoms with Gasteiger partial charge in [-0.05, 0) is 19.3 Å². The molecule has 1 aliphatic carbocycles. The molecule has 1 saturated carbocycles. The van der Waals surface area contributed by atoms with Crippen molar-refractivity contribution < 1.29 is 4.79 Å². The van der Waals surface area contributed by atoms with Crippen LogP contribution in [0.1, 0.15) is 25.1 Å². The van der Waals surface area contributed by atoms with E-state index in [2.05, 4.69) is 10.3 Å². The first-order valence-electron chi connectivity index (χ1n) is 5.66. The fourth-order valence-electron chi connectivity index (χ4n) is 2.13. The smallest absolute Gasteiger partial charge is 0.223 e. The standard InChI is InChI=1S/C11H18N4O/c1-15-5-4-13-10(15)7-14-11(16)8-2-3-9(12)6-8/h4-5,8-9H,2-3,6-7,12H2,1H3,(H,14,16). The number of carbonyl (C=O) groups is 1. The Morgan fingerprint density at radius 3 is 3.06 bits per heavy atom. The molecule has 1 amide bonds. The van der Waals surface area contributed by atoms with Gasteiger partial charge in [-0.3, -0.25) is 4.79 Å². The van der Waals surface area contributed by atoms with Crippen molar-refractivity contribution in [1.82, 2.24) is 14.9 Å². The van der Waals surface area contributed by atoms with Gasteiger partial charge in [-0.2, -0.15) is 0 Å². The lowest BCUT2D eigenvalue weighted by atomic mass is 10.1. The summed E-state index contributed by atoms with van der Waals surface area (Å²) < 4.78 is 1.90. The van der Waals surface area contributed by atoms with Crippen molar-refractivity contribution in [1.29, 1.82) is 0 Å². The number of nitrogens with two attached hydrogens (primary N) is 1. The molecule has 1 fully saturated rings. The monoisotopic (exact) mass is 222 g/mol. The minimum absolute atomic E-state index is 0.0928. The number of nitrogens with zero attached hydrogens (tertiary/aromatic N) is 2. The van der Waals surface area contributed by atoms with Crippen LogP contribution < -0.4 is 11.1 Å². The largest absolute Gasteiger partial charge is 0.349 e. The van der Waals surface area contributed by atoms with Crippen molar-refractivity contribution >= 4 is 5.91 Å². The second-order valence-electron chi connectivity index (χ2n) is 4.44. The van der Waals surface area contributed by atoms with Gasteiger partial charge in [-0.15, -0.1) is 0 Å². The summed E-state index contributed by atoms with van der Waals surface area (Å²) in [6, 6.07) is 0.198. The Morgan fingerprint density at radius 2 is 2.50 bits per heavy atom. The zero-order valence-corrected chi connectivity index (χ0v) is 9.52. The van der Waals surface area contributed by atoms with E-state index >= 15 is 0 Å². The Bertz CT molecular complexity index is 374. The maximum Gasteiger partial charge on any atom is 0.223 e. The SMILES string of the molecule is Cn1ccnc1CNC(=O)C1CCC(N)C1. The van der Waals surface area contributed by atoms with Crippen LogP contribution in [0, 0.1) is 5.92 Å². The van der Waals surface area contributed by atoms with Crippen molar-refractivity contribution in [2.75, 3.05) is 0 Å². The Hall–Kier alpha value is -1.36. The van der Waals surface area contributed by atoms with Gasteiger partial charge in [-0.25, -0.2) is 4.98 Å². The zero-order chi connectivity index (χ0) is 11.5. The van der Waals surface area contributed by atoms with Gasteiger partial charge in [0, 0.05) is 31.4 Å². The third-order valence-electron chi connectivity index (χ3n) is 3.19. The summed E-state index contributed by atoms with van der Waals surface area (Å²) in [7, 11) is 1.92. The molecule has 0 bridgehead atoms. The highest BCUT2D eigenvalue weighted by molar-refractivity contribution is 5.78. The van der Waals surface area contributed by atoms with E-state index in [1.54, 1.807) is 6.20 Å². The molecule has 1 heterocycles. The van der Waals surface area contributed by atoms with E-state index in [0.717, 1.165) is 25.1 Å². The van der Waals surface area contributed by atoms with Crippen molar-refractivity contribution in [3.8, 4) is 0 Å². The average Bonchev–Trinajstić information content (AvgIpc) is 2.84. The van der Waals surface area contributed by atoms with Crippen molar-refractivity contribution in [2.45, 2.75) is 31.8 Å². The maximum atomic E-state index is 11.8. The van der Waals surface area contributed by atoms with E-state index in [9.17, 15) is 4.79 Å². The number of aromatic nitrogens is 2. The predicted molar refractivity (Wildman–Crippen MR) is 60.4 cm³/mol. The molecule has 0 saturated heterocycles. The van der Waals surface area contributed by atoms with Gasteiger partial charge in [-0.1, -0.05) is 0 Å². The van der Waals surface area contributed by atoms with Gasteiger partial charge >= 0.3 is 0 Å². The number of hydrogen-bond donors (Lipinski definition) is 2. The van der Waals surface area contributed by atoms with Gasteiger partial charge < -0.3 is 15.6 Å². The zero-order valence-electron chi connectivity index (χ0n) is 9.52. The number of amides is 1. The van der Waals surface area contributed by atoms with Crippen LogP contribution in [0.5, 0.6) is 0 Å². The quantitative estimate of drug-likeness (QED) is 0.765. The Labute approximate surface area is 95.0 Å². The molecule has 1 aliphatic rings.